The van der Waals surface area contributed by atoms with E-state index in [-0.39, 0.29) is 5.78 Å². The molecule has 2 heteroatoms. The fourth-order valence-electron chi connectivity index (χ4n) is 2.19. The van der Waals surface area contributed by atoms with E-state index in [1.165, 1.54) is 0 Å². The summed E-state index contributed by atoms with van der Waals surface area (Å²) in [4.78, 5) is 11.9. The van der Waals surface area contributed by atoms with Crippen molar-refractivity contribution in [2.24, 2.45) is 0 Å². The topological polar surface area (TPSA) is 26.3 Å². The molecule has 0 spiro atoms. The van der Waals surface area contributed by atoms with Crippen LogP contribution in [0.15, 0.2) is 36.4 Å². The Bertz CT molecular complexity index is 624. The van der Waals surface area contributed by atoms with Crippen LogP contribution >= 0.6 is 0 Å². The van der Waals surface area contributed by atoms with Gasteiger partial charge in [0, 0.05) is 5.39 Å². The highest BCUT2D eigenvalue weighted by atomic mass is 16.5. The maximum atomic E-state index is 11.9. The number of methoxy groups -OCH3 is 1. The van der Waals surface area contributed by atoms with Crippen LogP contribution in [0.25, 0.3) is 16.8 Å². The van der Waals surface area contributed by atoms with Crippen LogP contribution in [0.1, 0.15) is 15.9 Å². The lowest BCUT2D eigenvalue weighted by Crippen LogP contribution is -2.04. The second kappa shape index (κ2) is 3.20. The summed E-state index contributed by atoms with van der Waals surface area (Å²) in [6, 6.07) is 9.84. The van der Waals surface area contributed by atoms with Gasteiger partial charge in [0.1, 0.15) is 5.75 Å². The van der Waals surface area contributed by atoms with E-state index in [9.17, 15) is 4.79 Å². The first-order valence-electron chi connectivity index (χ1n) is 5.13. The molecule has 16 heavy (non-hydrogen) atoms. The summed E-state index contributed by atoms with van der Waals surface area (Å²) in [5.74, 6) is 0.662. The molecule has 2 aromatic rings. The zero-order valence-corrected chi connectivity index (χ0v) is 8.86. The van der Waals surface area contributed by atoms with Gasteiger partial charge in [0.15, 0.2) is 5.78 Å². The fraction of sp³-hybridized carbons (Fsp3) is 0.0714. The van der Waals surface area contributed by atoms with Gasteiger partial charge in [0.25, 0.3) is 0 Å². The van der Waals surface area contributed by atoms with Crippen molar-refractivity contribution in [3.8, 4) is 5.75 Å². The van der Waals surface area contributed by atoms with Crippen molar-refractivity contribution in [1.82, 2.24) is 0 Å². The zero-order valence-electron chi connectivity index (χ0n) is 8.86. The first-order chi connectivity index (χ1) is 7.81. The minimum absolute atomic E-state index is 0.0150. The van der Waals surface area contributed by atoms with Crippen molar-refractivity contribution >= 4 is 22.6 Å². The molecule has 0 aromatic heterocycles. The number of rotatable bonds is 1. The summed E-state index contributed by atoms with van der Waals surface area (Å²) in [5.41, 5.74) is 1.75. The van der Waals surface area contributed by atoms with Crippen molar-refractivity contribution < 1.29 is 9.53 Å². The van der Waals surface area contributed by atoms with Gasteiger partial charge in [-0.3, -0.25) is 4.79 Å². The van der Waals surface area contributed by atoms with E-state index >= 15 is 0 Å². The van der Waals surface area contributed by atoms with E-state index in [1.54, 1.807) is 13.2 Å². The highest BCUT2D eigenvalue weighted by Crippen LogP contribution is 2.34. The van der Waals surface area contributed by atoms with Gasteiger partial charge in [0.05, 0.1) is 12.7 Å². The third-order valence-electron chi connectivity index (χ3n) is 2.92. The Hall–Kier alpha value is -2.09. The van der Waals surface area contributed by atoms with Crippen LogP contribution in [0.4, 0.5) is 0 Å². The van der Waals surface area contributed by atoms with Gasteiger partial charge >= 0.3 is 0 Å². The molecular formula is C14H10O2. The van der Waals surface area contributed by atoms with Crippen molar-refractivity contribution in [1.29, 1.82) is 0 Å². The SMILES string of the molecule is COc1ccc2cccc3c2c1C(=O)C=C3. The number of hydrogen-bond acceptors (Lipinski definition) is 2. The standard InChI is InChI=1S/C14H10O2/c1-16-12-8-6-10-4-2-3-9-5-7-11(15)14(12)13(9)10/h2-8H,1H3. The molecular weight excluding hydrogens is 200 g/mol. The van der Waals surface area contributed by atoms with E-state index in [2.05, 4.69) is 0 Å². The van der Waals surface area contributed by atoms with Crippen molar-refractivity contribution in [2.45, 2.75) is 0 Å². The molecule has 1 aliphatic carbocycles. The smallest absolute Gasteiger partial charge is 0.190 e. The summed E-state index contributed by atoms with van der Waals surface area (Å²) in [6.45, 7) is 0. The molecule has 0 radical (unpaired) electrons. The number of ketones is 1. The van der Waals surface area contributed by atoms with Crippen LogP contribution < -0.4 is 4.74 Å². The third kappa shape index (κ3) is 1.10. The first kappa shape index (κ1) is 9.16. The summed E-state index contributed by atoms with van der Waals surface area (Å²) >= 11 is 0. The van der Waals surface area contributed by atoms with Crippen molar-refractivity contribution in [2.75, 3.05) is 7.11 Å². The summed E-state index contributed by atoms with van der Waals surface area (Å²) in [5, 5.41) is 2.07. The second-order valence-electron chi connectivity index (χ2n) is 3.79. The van der Waals surface area contributed by atoms with E-state index in [0.29, 0.717) is 11.3 Å². The van der Waals surface area contributed by atoms with E-state index in [4.69, 9.17) is 4.74 Å². The minimum Gasteiger partial charge on any atom is -0.496 e. The molecule has 0 atom stereocenters. The molecule has 0 fully saturated rings. The third-order valence-corrected chi connectivity index (χ3v) is 2.92. The van der Waals surface area contributed by atoms with Gasteiger partial charge in [-0.05, 0) is 23.1 Å². The fourth-order valence-corrected chi connectivity index (χ4v) is 2.19. The molecule has 0 N–H and O–H groups in total. The molecule has 1 aliphatic rings. The summed E-state index contributed by atoms with van der Waals surface area (Å²) in [6.07, 6.45) is 3.46. The van der Waals surface area contributed by atoms with E-state index < -0.39 is 0 Å². The lowest BCUT2D eigenvalue weighted by Gasteiger charge is -2.14. The molecule has 0 unspecified atom stereocenters. The van der Waals surface area contributed by atoms with Crippen LogP contribution in [0.2, 0.25) is 0 Å². The maximum Gasteiger partial charge on any atom is 0.190 e. The first-order valence-corrected chi connectivity index (χ1v) is 5.13. The number of benzene rings is 2. The zero-order chi connectivity index (χ0) is 11.1. The lowest BCUT2D eigenvalue weighted by molar-refractivity contribution is 0.104. The number of carbonyl (C=O) groups is 1. The molecule has 0 aliphatic heterocycles. The quantitative estimate of drug-likeness (QED) is 0.723. The Balaban J connectivity index is 2.53. The largest absolute Gasteiger partial charge is 0.496 e. The second-order valence-corrected chi connectivity index (χ2v) is 3.79. The van der Waals surface area contributed by atoms with Gasteiger partial charge in [0.2, 0.25) is 0 Å². The predicted octanol–water partition coefficient (Wildman–Crippen LogP) is 3.06. The average Bonchev–Trinajstić information content (AvgIpc) is 2.33. The summed E-state index contributed by atoms with van der Waals surface area (Å²) < 4.78 is 5.25. The van der Waals surface area contributed by atoms with Crippen LogP contribution in [0.3, 0.4) is 0 Å². The normalized spacial score (nSPS) is 13.2. The molecule has 2 aromatic carbocycles. The molecule has 0 saturated carbocycles. The highest BCUT2D eigenvalue weighted by Gasteiger charge is 2.19. The highest BCUT2D eigenvalue weighted by molar-refractivity contribution is 6.21. The van der Waals surface area contributed by atoms with Crippen molar-refractivity contribution in [3.05, 3.63) is 47.5 Å². The Kier molecular flexibility index (Phi) is 1.83. The Morgan fingerprint density at radius 2 is 1.94 bits per heavy atom. The van der Waals surface area contributed by atoms with Gasteiger partial charge in [-0.1, -0.05) is 30.3 Å². The Morgan fingerprint density at radius 1 is 1.06 bits per heavy atom. The molecule has 0 saturated heterocycles. The Morgan fingerprint density at radius 3 is 2.75 bits per heavy atom. The van der Waals surface area contributed by atoms with Gasteiger partial charge in [-0.2, -0.15) is 0 Å². The van der Waals surface area contributed by atoms with Crippen LogP contribution in [-0.2, 0) is 0 Å². The maximum absolute atomic E-state index is 11.9. The van der Waals surface area contributed by atoms with Crippen LogP contribution in [-0.4, -0.2) is 12.9 Å². The van der Waals surface area contributed by atoms with Gasteiger partial charge in [-0.15, -0.1) is 0 Å². The Labute approximate surface area is 93.2 Å². The number of allylic oxidation sites excluding steroid dienone is 1. The predicted molar refractivity (Wildman–Crippen MR) is 63.9 cm³/mol. The molecule has 78 valence electrons. The number of ether oxygens (including phenoxy) is 1. The number of carbonyl (C=O) groups excluding carboxylic acids is 1. The number of hydrogen-bond donors (Lipinski definition) is 0. The summed E-state index contributed by atoms with van der Waals surface area (Å²) in [7, 11) is 1.59. The van der Waals surface area contributed by atoms with Gasteiger partial charge in [-0.25, -0.2) is 0 Å². The van der Waals surface area contributed by atoms with Crippen LogP contribution in [0.5, 0.6) is 5.75 Å². The molecule has 0 amide bonds. The molecule has 2 nitrogen and oxygen atoms in total. The van der Waals surface area contributed by atoms with E-state index in [1.807, 2.05) is 36.4 Å². The lowest BCUT2D eigenvalue weighted by atomic mass is 9.92. The monoisotopic (exact) mass is 210 g/mol. The van der Waals surface area contributed by atoms with E-state index in [0.717, 1.165) is 16.3 Å². The van der Waals surface area contributed by atoms with Gasteiger partial charge < -0.3 is 4.74 Å². The molecule has 0 heterocycles. The van der Waals surface area contributed by atoms with Crippen LogP contribution in [0, 0.1) is 0 Å². The molecule has 3 rings (SSSR count). The average molecular weight is 210 g/mol. The molecule has 0 bridgehead atoms. The minimum atomic E-state index is 0.0150. The van der Waals surface area contributed by atoms with Crippen molar-refractivity contribution in [3.63, 3.8) is 0 Å².